The molecular weight excluding hydrogens is 468 g/mol. The third-order valence-electron chi connectivity index (χ3n) is 6.04. The molecule has 0 atom stereocenters. The van der Waals surface area contributed by atoms with Crippen LogP contribution in [0.5, 0.6) is 11.5 Å². The number of benzene rings is 2. The second-order valence-electron chi connectivity index (χ2n) is 8.41. The monoisotopic (exact) mass is 498 g/mol. The van der Waals surface area contributed by atoms with E-state index in [4.69, 9.17) is 16.3 Å². The van der Waals surface area contributed by atoms with Crippen molar-refractivity contribution in [1.29, 1.82) is 0 Å². The van der Waals surface area contributed by atoms with E-state index in [0.717, 1.165) is 58.8 Å². The van der Waals surface area contributed by atoms with Crippen LogP contribution in [0.4, 0.5) is 0 Å². The summed E-state index contributed by atoms with van der Waals surface area (Å²) in [7, 11) is 0. The first-order chi connectivity index (χ1) is 16.6. The number of hydrogen-bond acceptors (Lipinski definition) is 6. The van der Waals surface area contributed by atoms with Crippen molar-refractivity contribution in [2.45, 2.75) is 49.7 Å². The van der Waals surface area contributed by atoms with Gasteiger partial charge in [-0.05, 0) is 56.6 Å². The van der Waals surface area contributed by atoms with Crippen LogP contribution < -0.4 is 4.74 Å². The molecule has 4 rings (SSSR count). The highest BCUT2D eigenvalue weighted by molar-refractivity contribution is 7.98. The van der Waals surface area contributed by atoms with Gasteiger partial charge in [0, 0.05) is 35.3 Å². The highest BCUT2D eigenvalue weighted by Gasteiger charge is 2.26. The molecule has 0 bridgehead atoms. The number of halogens is 1. The topological polar surface area (TPSA) is 63.4 Å². The van der Waals surface area contributed by atoms with Crippen LogP contribution in [0.3, 0.4) is 0 Å². The standard InChI is InChI=1S/C26H31ClN4O2S/c1-3-13-31-25(28-29-26(31)34-18-19-7-5-9-22(27)16-19)20-11-14-30(15-12-20)17-21-8-6-10-23(24(21)32)33-4-2/h3,5-10,16,20,32H,1,4,11-15,17-18H2,2H3. The quantitative estimate of drug-likeness (QED) is 0.277. The molecule has 0 amide bonds. The molecule has 34 heavy (non-hydrogen) atoms. The number of aromatic hydroxyl groups is 1. The van der Waals surface area contributed by atoms with Crippen molar-refractivity contribution < 1.29 is 9.84 Å². The summed E-state index contributed by atoms with van der Waals surface area (Å²) < 4.78 is 7.72. The van der Waals surface area contributed by atoms with Crippen molar-refractivity contribution in [1.82, 2.24) is 19.7 Å². The Hall–Kier alpha value is -2.48. The zero-order valence-electron chi connectivity index (χ0n) is 19.5. The van der Waals surface area contributed by atoms with E-state index in [2.05, 4.69) is 32.3 Å². The number of piperidine rings is 1. The number of para-hydroxylation sites is 1. The average Bonchev–Trinajstić information content (AvgIpc) is 3.24. The minimum absolute atomic E-state index is 0.249. The molecular formula is C26H31ClN4O2S. The van der Waals surface area contributed by atoms with E-state index >= 15 is 0 Å². The molecule has 1 saturated heterocycles. The lowest BCUT2D eigenvalue weighted by molar-refractivity contribution is 0.197. The summed E-state index contributed by atoms with van der Waals surface area (Å²) in [6.45, 7) is 9.67. The molecule has 0 aliphatic carbocycles. The Morgan fingerprint density at radius 2 is 2.00 bits per heavy atom. The van der Waals surface area contributed by atoms with Gasteiger partial charge in [-0.1, -0.05) is 53.7 Å². The van der Waals surface area contributed by atoms with Gasteiger partial charge in [-0.25, -0.2) is 0 Å². The summed E-state index contributed by atoms with van der Waals surface area (Å²) >= 11 is 7.80. The van der Waals surface area contributed by atoms with Gasteiger partial charge >= 0.3 is 0 Å². The molecule has 2 heterocycles. The number of nitrogens with zero attached hydrogens (tertiary/aromatic N) is 4. The number of aromatic nitrogens is 3. The summed E-state index contributed by atoms with van der Waals surface area (Å²) in [5.74, 6) is 2.98. The first-order valence-corrected chi connectivity index (χ1v) is 13.0. The summed E-state index contributed by atoms with van der Waals surface area (Å²) in [5, 5.41) is 21.3. The van der Waals surface area contributed by atoms with E-state index in [9.17, 15) is 5.11 Å². The molecule has 180 valence electrons. The van der Waals surface area contributed by atoms with E-state index in [0.29, 0.717) is 31.4 Å². The molecule has 0 spiro atoms. The molecule has 1 aliphatic heterocycles. The molecule has 0 unspecified atom stereocenters. The molecule has 8 heteroatoms. The average molecular weight is 499 g/mol. The number of phenols is 1. The van der Waals surface area contributed by atoms with E-state index in [1.165, 1.54) is 0 Å². The van der Waals surface area contributed by atoms with Crippen molar-refractivity contribution >= 4 is 23.4 Å². The Balaban J connectivity index is 1.39. The number of thioether (sulfide) groups is 1. The van der Waals surface area contributed by atoms with Gasteiger partial charge in [-0.3, -0.25) is 4.90 Å². The number of phenolic OH excluding ortho intramolecular Hbond substituents is 1. The number of ether oxygens (including phenoxy) is 1. The van der Waals surface area contributed by atoms with Gasteiger partial charge in [0.15, 0.2) is 16.7 Å². The third kappa shape index (κ3) is 5.95. The fraction of sp³-hybridized carbons (Fsp3) is 0.385. The summed E-state index contributed by atoms with van der Waals surface area (Å²) in [6, 6.07) is 13.6. The lowest BCUT2D eigenvalue weighted by atomic mass is 9.95. The van der Waals surface area contributed by atoms with Gasteiger partial charge in [-0.15, -0.1) is 16.8 Å². The molecule has 6 nitrogen and oxygen atoms in total. The van der Waals surface area contributed by atoms with E-state index < -0.39 is 0 Å². The van der Waals surface area contributed by atoms with Gasteiger partial charge in [0.1, 0.15) is 5.82 Å². The molecule has 1 aliphatic rings. The van der Waals surface area contributed by atoms with Gasteiger partial charge in [0.25, 0.3) is 0 Å². The summed E-state index contributed by atoms with van der Waals surface area (Å²) in [5.41, 5.74) is 2.07. The van der Waals surface area contributed by atoms with Crippen LogP contribution >= 0.6 is 23.4 Å². The molecule has 2 aromatic carbocycles. The van der Waals surface area contributed by atoms with Gasteiger partial charge < -0.3 is 14.4 Å². The first kappa shape index (κ1) is 24.6. The molecule has 0 saturated carbocycles. The molecule has 1 aromatic heterocycles. The van der Waals surface area contributed by atoms with Crippen LogP contribution in [0.1, 0.15) is 42.6 Å². The van der Waals surface area contributed by atoms with Crippen LogP contribution in [0, 0.1) is 0 Å². The van der Waals surface area contributed by atoms with Gasteiger partial charge in [-0.2, -0.15) is 0 Å². The number of allylic oxidation sites excluding steroid dienone is 1. The Labute approximate surface area is 210 Å². The Morgan fingerprint density at radius 3 is 2.74 bits per heavy atom. The maximum Gasteiger partial charge on any atom is 0.191 e. The smallest absolute Gasteiger partial charge is 0.191 e. The van der Waals surface area contributed by atoms with E-state index in [1.807, 2.05) is 49.4 Å². The van der Waals surface area contributed by atoms with E-state index in [-0.39, 0.29) is 5.75 Å². The number of hydrogen-bond donors (Lipinski definition) is 1. The minimum Gasteiger partial charge on any atom is -0.504 e. The van der Waals surface area contributed by atoms with Crippen LogP contribution in [0.25, 0.3) is 0 Å². The molecule has 0 radical (unpaired) electrons. The molecule has 1 fully saturated rings. The minimum atomic E-state index is 0.249. The Kier molecular flexibility index (Phi) is 8.53. The highest BCUT2D eigenvalue weighted by Crippen LogP contribution is 2.34. The Bertz CT molecular complexity index is 1110. The first-order valence-electron chi connectivity index (χ1n) is 11.7. The SMILES string of the molecule is C=CCn1c(SCc2cccc(Cl)c2)nnc1C1CCN(Cc2cccc(OCC)c2O)CC1. The van der Waals surface area contributed by atoms with Crippen LogP contribution in [-0.4, -0.2) is 44.5 Å². The number of likely N-dealkylation sites (tertiary alicyclic amines) is 1. The maximum atomic E-state index is 10.5. The van der Waals surface area contributed by atoms with Crippen molar-refractivity contribution in [3.8, 4) is 11.5 Å². The maximum absolute atomic E-state index is 10.5. The van der Waals surface area contributed by atoms with Gasteiger partial charge in [0.2, 0.25) is 0 Å². The number of rotatable bonds is 10. The largest absolute Gasteiger partial charge is 0.504 e. The van der Waals surface area contributed by atoms with Crippen molar-refractivity contribution in [3.63, 3.8) is 0 Å². The second-order valence-corrected chi connectivity index (χ2v) is 9.78. The summed E-state index contributed by atoms with van der Waals surface area (Å²) in [4.78, 5) is 2.38. The fourth-order valence-corrected chi connectivity index (χ4v) is 5.45. The summed E-state index contributed by atoms with van der Waals surface area (Å²) in [6.07, 6.45) is 3.90. The highest BCUT2D eigenvalue weighted by atomic mass is 35.5. The normalized spacial score (nSPS) is 14.9. The zero-order valence-corrected chi connectivity index (χ0v) is 21.1. The predicted octanol–water partition coefficient (Wildman–Crippen LogP) is 5.89. The van der Waals surface area contributed by atoms with Crippen molar-refractivity contribution in [3.05, 3.63) is 77.1 Å². The van der Waals surface area contributed by atoms with Crippen LogP contribution in [-0.2, 0) is 18.8 Å². The molecule has 1 N–H and O–H groups in total. The predicted molar refractivity (Wildman–Crippen MR) is 138 cm³/mol. The van der Waals surface area contributed by atoms with Gasteiger partial charge in [0.05, 0.1) is 6.61 Å². The van der Waals surface area contributed by atoms with Crippen molar-refractivity contribution in [2.24, 2.45) is 0 Å². The Morgan fingerprint density at radius 1 is 1.21 bits per heavy atom. The lowest BCUT2D eigenvalue weighted by Crippen LogP contribution is -2.33. The molecule has 3 aromatic rings. The second kappa shape index (κ2) is 11.8. The van der Waals surface area contributed by atoms with Crippen LogP contribution in [0.2, 0.25) is 5.02 Å². The third-order valence-corrected chi connectivity index (χ3v) is 7.32. The fourth-order valence-electron chi connectivity index (χ4n) is 4.34. The van der Waals surface area contributed by atoms with Crippen molar-refractivity contribution in [2.75, 3.05) is 19.7 Å². The lowest BCUT2D eigenvalue weighted by Gasteiger charge is -2.31. The van der Waals surface area contributed by atoms with E-state index in [1.54, 1.807) is 11.8 Å². The van der Waals surface area contributed by atoms with Crippen LogP contribution in [0.15, 0.2) is 60.3 Å². The zero-order chi connectivity index (χ0) is 23.9.